The maximum absolute atomic E-state index is 13.7. The summed E-state index contributed by atoms with van der Waals surface area (Å²) < 4.78 is 47.2. The Morgan fingerprint density at radius 1 is 1.23 bits per heavy atom. The molecule has 0 saturated heterocycles. The van der Waals surface area contributed by atoms with Crippen molar-refractivity contribution < 1.29 is 22.7 Å². The van der Waals surface area contributed by atoms with Crippen molar-refractivity contribution in [2.45, 2.75) is 32.7 Å². The fourth-order valence-corrected chi connectivity index (χ4v) is 2.88. The Kier molecular flexibility index (Phi) is 6.31. The topological polar surface area (TPSA) is 69.0 Å². The standard InChI is InChI=1S/C20H18ClF3N4O2/c1-12(2)30-17-7-6-13(9-25-17)10-26-19(29)16-11-27-28(18(16)20(22,23)24)15-5-3-4-14(21)8-15/h3-9,11-12H,10H2,1-2H3,(H,26,29). The molecule has 0 saturated carbocycles. The van der Waals surface area contributed by atoms with Gasteiger partial charge in [0.15, 0.2) is 5.69 Å². The Morgan fingerprint density at radius 3 is 2.60 bits per heavy atom. The van der Waals surface area contributed by atoms with E-state index in [1.54, 1.807) is 12.1 Å². The molecule has 0 aliphatic heterocycles. The number of aromatic nitrogens is 3. The average Bonchev–Trinajstić information content (AvgIpc) is 3.12. The summed E-state index contributed by atoms with van der Waals surface area (Å²) in [4.78, 5) is 16.6. The Labute approximate surface area is 175 Å². The first-order valence-electron chi connectivity index (χ1n) is 8.96. The number of carbonyl (C=O) groups excluding carboxylic acids is 1. The number of benzene rings is 1. The molecular formula is C20H18ClF3N4O2. The summed E-state index contributed by atoms with van der Waals surface area (Å²) in [5.74, 6) is -0.486. The summed E-state index contributed by atoms with van der Waals surface area (Å²) in [7, 11) is 0. The van der Waals surface area contributed by atoms with Gasteiger partial charge in [-0.15, -0.1) is 0 Å². The van der Waals surface area contributed by atoms with Gasteiger partial charge in [0.25, 0.3) is 5.91 Å². The third-order valence-electron chi connectivity index (χ3n) is 3.94. The van der Waals surface area contributed by atoms with E-state index >= 15 is 0 Å². The summed E-state index contributed by atoms with van der Waals surface area (Å²) in [5, 5.41) is 6.47. The molecule has 30 heavy (non-hydrogen) atoms. The predicted molar refractivity (Wildman–Crippen MR) is 105 cm³/mol. The highest BCUT2D eigenvalue weighted by Gasteiger charge is 2.40. The van der Waals surface area contributed by atoms with Crippen molar-refractivity contribution in [3.8, 4) is 11.6 Å². The second-order valence-corrected chi connectivity index (χ2v) is 7.09. The van der Waals surface area contributed by atoms with Crippen LogP contribution in [0.3, 0.4) is 0 Å². The van der Waals surface area contributed by atoms with Gasteiger partial charge in [0.05, 0.1) is 23.6 Å². The van der Waals surface area contributed by atoms with E-state index in [2.05, 4.69) is 15.4 Å². The summed E-state index contributed by atoms with van der Waals surface area (Å²) in [6, 6.07) is 9.07. The smallest absolute Gasteiger partial charge is 0.434 e. The zero-order valence-electron chi connectivity index (χ0n) is 16.1. The molecule has 0 unspecified atom stereocenters. The maximum atomic E-state index is 13.7. The number of carbonyl (C=O) groups is 1. The molecule has 0 bridgehead atoms. The fraction of sp³-hybridized carbons (Fsp3) is 0.250. The van der Waals surface area contributed by atoms with Crippen LogP contribution in [0.25, 0.3) is 5.69 Å². The van der Waals surface area contributed by atoms with E-state index in [-0.39, 0.29) is 23.4 Å². The number of rotatable bonds is 6. The van der Waals surface area contributed by atoms with E-state index in [9.17, 15) is 18.0 Å². The highest BCUT2D eigenvalue weighted by Crippen LogP contribution is 2.34. The van der Waals surface area contributed by atoms with E-state index in [4.69, 9.17) is 16.3 Å². The van der Waals surface area contributed by atoms with Crippen LogP contribution in [0.4, 0.5) is 13.2 Å². The summed E-state index contributed by atoms with van der Waals surface area (Å²) in [5.41, 5.74) is -1.06. The Balaban J connectivity index is 1.80. The minimum atomic E-state index is -4.80. The number of halogens is 4. The third kappa shape index (κ3) is 5.10. The molecule has 0 spiro atoms. The molecule has 0 aliphatic rings. The molecule has 1 amide bonds. The van der Waals surface area contributed by atoms with Gasteiger partial charge in [0.1, 0.15) is 0 Å². The predicted octanol–water partition coefficient (Wildman–Crippen LogP) is 4.66. The Bertz CT molecular complexity index is 1030. The molecule has 2 heterocycles. The van der Waals surface area contributed by atoms with Crippen molar-refractivity contribution in [1.82, 2.24) is 20.1 Å². The van der Waals surface area contributed by atoms with Gasteiger partial charge in [-0.25, -0.2) is 9.67 Å². The molecule has 0 fully saturated rings. The third-order valence-corrected chi connectivity index (χ3v) is 4.18. The first-order valence-corrected chi connectivity index (χ1v) is 9.34. The van der Waals surface area contributed by atoms with Crippen molar-refractivity contribution >= 4 is 17.5 Å². The van der Waals surface area contributed by atoms with Crippen molar-refractivity contribution in [2.75, 3.05) is 0 Å². The quantitative estimate of drug-likeness (QED) is 0.608. The minimum Gasteiger partial charge on any atom is -0.475 e. The Morgan fingerprint density at radius 2 is 2.00 bits per heavy atom. The summed E-state index contributed by atoms with van der Waals surface area (Å²) >= 11 is 5.87. The highest BCUT2D eigenvalue weighted by molar-refractivity contribution is 6.30. The largest absolute Gasteiger partial charge is 0.475 e. The van der Waals surface area contributed by atoms with Crippen molar-refractivity contribution in [2.24, 2.45) is 0 Å². The molecular weight excluding hydrogens is 421 g/mol. The molecule has 10 heteroatoms. The SMILES string of the molecule is CC(C)Oc1ccc(CNC(=O)c2cnn(-c3cccc(Cl)c3)c2C(F)(F)F)cn1. The molecule has 3 aromatic rings. The lowest BCUT2D eigenvalue weighted by Gasteiger charge is -2.13. The average molecular weight is 439 g/mol. The molecule has 1 aromatic carbocycles. The van der Waals surface area contributed by atoms with Crippen LogP contribution in [0.2, 0.25) is 5.02 Å². The van der Waals surface area contributed by atoms with Gasteiger partial charge in [-0.05, 0) is 37.6 Å². The van der Waals surface area contributed by atoms with Crippen molar-refractivity contribution in [1.29, 1.82) is 0 Å². The number of hydrogen-bond donors (Lipinski definition) is 1. The van der Waals surface area contributed by atoms with E-state index in [0.29, 0.717) is 16.1 Å². The number of pyridine rings is 1. The van der Waals surface area contributed by atoms with Gasteiger partial charge in [0.2, 0.25) is 5.88 Å². The minimum absolute atomic E-state index is 0.00651. The monoisotopic (exact) mass is 438 g/mol. The Hall–Kier alpha value is -3.07. The van der Waals surface area contributed by atoms with E-state index in [1.165, 1.54) is 30.5 Å². The number of nitrogens with zero attached hydrogens (tertiary/aromatic N) is 3. The summed E-state index contributed by atoms with van der Waals surface area (Å²) in [6.45, 7) is 3.71. The molecule has 6 nitrogen and oxygen atoms in total. The highest BCUT2D eigenvalue weighted by atomic mass is 35.5. The first-order chi connectivity index (χ1) is 14.1. The van der Waals surface area contributed by atoms with Crippen LogP contribution in [0.5, 0.6) is 5.88 Å². The van der Waals surface area contributed by atoms with Crippen molar-refractivity contribution in [3.05, 3.63) is 70.6 Å². The lowest BCUT2D eigenvalue weighted by Crippen LogP contribution is -2.26. The number of hydrogen-bond acceptors (Lipinski definition) is 4. The van der Waals surface area contributed by atoms with E-state index < -0.39 is 23.3 Å². The second kappa shape index (κ2) is 8.74. The fourth-order valence-electron chi connectivity index (χ4n) is 2.70. The van der Waals surface area contributed by atoms with Crippen LogP contribution in [0, 0.1) is 0 Å². The molecule has 1 N–H and O–H groups in total. The molecule has 0 aliphatic carbocycles. The number of alkyl halides is 3. The van der Waals surface area contributed by atoms with Crippen LogP contribution in [-0.2, 0) is 12.7 Å². The van der Waals surface area contributed by atoms with Gasteiger partial charge in [-0.2, -0.15) is 18.3 Å². The van der Waals surface area contributed by atoms with Crippen LogP contribution < -0.4 is 10.1 Å². The lowest BCUT2D eigenvalue weighted by molar-refractivity contribution is -0.143. The van der Waals surface area contributed by atoms with E-state index in [0.717, 1.165) is 6.20 Å². The number of ether oxygens (including phenoxy) is 1. The van der Waals surface area contributed by atoms with Gasteiger partial charge >= 0.3 is 6.18 Å². The van der Waals surface area contributed by atoms with Gasteiger partial charge in [-0.3, -0.25) is 4.79 Å². The van der Waals surface area contributed by atoms with Crippen LogP contribution >= 0.6 is 11.6 Å². The molecule has 158 valence electrons. The number of amides is 1. The van der Waals surface area contributed by atoms with Crippen LogP contribution in [-0.4, -0.2) is 26.8 Å². The van der Waals surface area contributed by atoms with E-state index in [1.807, 2.05) is 13.8 Å². The van der Waals surface area contributed by atoms with Gasteiger partial charge in [-0.1, -0.05) is 23.7 Å². The van der Waals surface area contributed by atoms with Crippen molar-refractivity contribution in [3.63, 3.8) is 0 Å². The lowest BCUT2D eigenvalue weighted by atomic mass is 10.2. The van der Waals surface area contributed by atoms with Crippen LogP contribution in [0.1, 0.15) is 35.5 Å². The maximum Gasteiger partial charge on any atom is 0.434 e. The normalized spacial score (nSPS) is 11.6. The molecule has 3 rings (SSSR count). The zero-order valence-corrected chi connectivity index (χ0v) is 16.8. The first kappa shape index (κ1) is 21.6. The van der Waals surface area contributed by atoms with Gasteiger partial charge in [0, 0.05) is 23.8 Å². The number of nitrogens with one attached hydrogen (secondary N) is 1. The second-order valence-electron chi connectivity index (χ2n) is 6.65. The zero-order chi connectivity index (χ0) is 21.9. The molecule has 0 atom stereocenters. The van der Waals surface area contributed by atoms with Gasteiger partial charge < -0.3 is 10.1 Å². The summed E-state index contributed by atoms with van der Waals surface area (Å²) in [6.07, 6.45) is -2.47. The molecule has 0 radical (unpaired) electrons. The van der Waals surface area contributed by atoms with Crippen LogP contribution in [0.15, 0.2) is 48.8 Å². The molecule has 2 aromatic heterocycles.